The molecule has 1 rings (SSSR count). The average molecular weight is 241 g/mol. The third kappa shape index (κ3) is 4.64. The van der Waals surface area contributed by atoms with Crippen LogP contribution in [0.25, 0.3) is 0 Å². The van der Waals surface area contributed by atoms with Crippen molar-refractivity contribution in [2.75, 3.05) is 13.2 Å². The molecule has 1 amide bonds. The fraction of sp³-hybridized carbons (Fsp3) is 0.500. The van der Waals surface area contributed by atoms with Gasteiger partial charge < -0.3 is 15.4 Å². The zero-order valence-electron chi connectivity index (χ0n) is 9.28. The van der Waals surface area contributed by atoms with E-state index >= 15 is 0 Å². The van der Waals surface area contributed by atoms with Gasteiger partial charge in [-0.05, 0) is 19.3 Å². The van der Waals surface area contributed by atoms with Crippen molar-refractivity contribution >= 4 is 5.91 Å². The predicted octanol–water partition coefficient (Wildman–Crippen LogP) is -1.04. The number of amides is 1. The van der Waals surface area contributed by atoms with E-state index in [1.54, 1.807) is 0 Å². The maximum absolute atomic E-state index is 11.5. The standard InChI is InChI=1S/C10H15N3O4/c14-5-3-1-2-4-11-9(16)7-6-8(15)13-10(17)12-7/h6,14H,1-5H2,(H,11,16)(H2,12,13,15,17). The fourth-order valence-electron chi connectivity index (χ4n) is 1.30. The molecule has 0 atom stereocenters. The van der Waals surface area contributed by atoms with Crippen LogP contribution in [0.2, 0.25) is 0 Å². The molecule has 7 heteroatoms. The summed E-state index contributed by atoms with van der Waals surface area (Å²) in [6, 6.07) is 1.03. The van der Waals surface area contributed by atoms with Gasteiger partial charge in [0, 0.05) is 19.2 Å². The largest absolute Gasteiger partial charge is 0.396 e. The van der Waals surface area contributed by atoms with Crippen molar-refractivity contribution in [2.24, 2.45) is 0 Å². The molecule has 17 heavy (non-hydrogen) atoms. The summed E-state index contributed by atoms with van der Waals surface area (Å²) >= 11 is 0. The molecule has 0 aromatic carbocycles. The van der Waals surface area contributed by atoms with Crippen molar-refractivity contribution in [3.63, 3.8) is 0 Å². The summed E-state index contributed by atoms with van der Waals surface area (Å²) in [4.78, 5) is 37.6. The van der Waals surface area contributed by atoms with Crippen LogP contribution in [0.15, 0.2) is 15.7 Å². The topological polar surface area (TPSA) is 115 Å². The lowest BCUT2D eigenvalue weighted by Crippen LogP contribution is -2.31. The van der Waals surface area contributed by atoms with Gasteiger partial charge in [-0.25, -0.2) is 4.79 Å². The Bertz CT molecular complexity index is 449. The van der Waals surface area contributed by atoms with Crippen LogP contribution in [0.1, 0.15) is 29.8 Å². The number of aromatic amines is 2. The molecule has 94 valence electrons. The van der Waals surface area contributed by atoms with E-state index in [1.165, 1.54) is 0 Å². The molecule has 0 aliphatic heterocycles. The fourth-order valence-corrected chi connectivity index (χ4v) is 1.30. The SMILES string of the molecule is O=C(NCCCCCO)c1cc(=O)[nH]c(=O)[nH]1. The number of nitrogens with one attached hydrogen (secondary N) is 3. The van der Waals surface area contributed by atoms with Gasteiger partial charge in [0.15, 0.2) is 0 Å². The first-order valence-corrected chi connectivity index (χ1v) is 5.36. The van der Waals surface area contributed by atoms with Crippen LogP contribution < -0.4 is 16.6 Å². The first-order valence-electron chi connectivity index (χ1n) is 5.36. The summed E-state index contributed by atoms with van der Waals surface area (Å²) in [6.07, 6.45) is 2.24. The van der Waals surface area contributed by atoms with E-state index in [0.29, 0.717) is 13.0 Å². The first-order chi connectivity index (χ1) is 8.13. The van der Waals surface area contributed by atoms with Crippen LogP contribution in [0.5, 0.6) is 0 Å². The Hall–Kier alpha value is -1.89. The second-order valence-corrected chi connectivity index (χ2v) is 3.54. The zero-order valence-corrected chi connectivity index (χ0v) is 9.28. The summed E-state index contributed by atoms with van der Waals surface area (Å²) in [5.41, 5.74) is -1.37. The zero-order chi connectivity index (χ0) is 12.7. The number of carbonyl (C=O) groups excluding carboxylic acids is 1. The van der Waals surface area contributed by atoms with E-state index in [-0.39, 0.29) is 12.3 Å². The third-order valence-corrected chi connectivity index (χ3v) is 2.13. The number of carbonyl (C=O) groups is 1. The number of aromatic nitrogens is 2. The van der Waals surface area contributed by atoms with Gasteiger partial charge in [-0.1, -0.05) is 0 Å². The molecular formula is C10H15N3O4. The lowest BCUT2D eigenvalue weighted by atomic mass is 10.2. The van der Waals surface area contributed by atoms with E-state index in [0.717, 1.165) is 18.9 Å². The van der Waals surface area contributed by atoms with Gasteiger partial charge in [0.25, 0.3) is 11.5 Å². The molecule has 1 aromatic rings. The van der Waals surface area contributed by atoms with Crippen LogP contribution in [0, 0.1) is 0 Å². The number of aliphatic hydroxyl groups is 1. The molecule has 0 aliphatic carbocycles. The molecule has 0 aliphatic rings. The molecular weight excluding hydrogens is 226 g/mol. The molecule has 4 N–H and O–H groups in total. The Morgan fingerprint density at radius 2 is 2.00 bits per heavy atom. The Balaban J connectivity index is 2.47. The normalized spacial score (nSPS) is 10.2. The van der Waals surface area contributed by atoms with Crippen LogP contribution in [-0.2, 0) is 0 Å². The van der Waals surface area contributed by atoms with Crippen molar-refractivity contribution < 1.29 is 9.90 Å². The van der Waals surface area contributed by atoms with E-state index < -0.39 is 17.2 Å². The smallest absolute Gasteiger partial charge is 0.326 e. The number of hydrogen-bond donors (Lipinski definition) is 4. The Kier molecular flexibility index (Phi) is 5.15. The second kappa shape index (κ2) is 6.64. The Labute approximate surface area is 96.9 Å². The number of H-pyrrole nitrogens is 2. The summed E-state index contributed by atoms with van der Waals surface area (Å²) < 4.78 is 0. The first kappa shape index (κ1) is 13.2. The molecule has 0 fully saturated rings. The molecule has 0 saturated carbocycles. The Morgan fingerprint density at radius 1 is 1.24 bits per heavy atom. The number of unbranched alkanes of at least 4 members (excludes halogenated alkanes) is 2. The Morgan fingerprint density at radius 3 is 2.65 bits per heavy atom. The lowest BCUT2D eigenvalue weighted by molar-refractivity contribution is 0.0947. The van der Waals surface area contributed by atoms with Crippen molar-refractivity contribution in [2.45, 2.75) is 19.3 Å². The second-order valence-electron chi connectivity index (χ2n) is 3.54. The van der Waals surface area contributed by atoms with E-state index in [9.17, 15) is 14.4 Å². The highest BCUT2D eigenvalue weighted by Gasteiger charge is 2.06. The lowest BCUT2D eigenvalue weighted by Gasteiger charge is -2.03. The maximum Gasteiger partial charge on any atom is 0.326 e. The van der Waals surface area contributed by atoms with Gasteiger partial charge >= 0.3 is 5.69 Å². The van der Waals surface area contributed by atoms with Crippen LogP contribution in [0.3, 0.4) is 0 Å². The number of hydrogen-bond acceptors (Lipinski definition) is 4. The van der Waals surface area contributed by atoms with Crippen molar-refractivity contribution in [1.29, 1.82) is 0 Å². The van der Waals surface area contributed by atoms with Gasteiger partial charge in [-0.3, -0.25) is 14.6 Å². The average Bonchev–Trinajstić information content (AvgIpc) is 2.27. The van der Waals surface area contributed by atoms with Gasteiger partial charge in [0.05, 0.1) is 0 Å². The highest BCUT2D eigenvalue weighted by atomic mass is 16.3. The van der Waals surface area contributed by atoms with E-state index in [4.69, 9.17) is 5.11 Å². The van der Waals surface area contributed by atoms with Gasteiger partial charge in [-0.2, -0.15) is 0 Å². The van der Waals surface area contributed by atoms with E-state index in [1.807, 2.05) is 4.98 Å². The number of rotatable bonds is 6. The molecule has 0 spiro atoms. The van der Waals surface area contributed by atoms with Gasteiger partial charge in [0.2, 0.25) is 0 Å². The molecule has 1 aromatic heterocycles. The quantitative estimate of drug-likeness (QED) is 0.476. The minimum Gasteiger partial charge on any atom is -0.396 e. The maximum atomic E-state index is 11.5. The summed E-state index contributed by atoms with van der Waals surface area (Å²) in [6.45, 7) is 0.572. The number of aliphatic hydroxyl groups excluding tert-OH is 1. The highest BCUT2D eigenvalue weighted by Crippen LogP contribution is 1.93. The summed E-state index contributed by atoms with van der Waals surface area (Å²) in [5, 5.41) is 11.1. The molecule has 0 unspecified atom stereocenters. The third-order valence-electron chi connectivity index (χ3n) is 2.13. The van der Waals surface area contributed by atoms with Crippen molar-refractivity contribution in [1.82, 2.24) is 15.3 Å². The van der Waals surface area contributed by atoms with Crippen molar-refractivity contribution in [3.8, 4) is 0 Å². The minimum absolute atomic E-state index is 0.0547. The predicted molar refractivity (Wildman–Crippen MR) is 61.0 cm³/mol. The molecule has 1 heterocycles. The van der Waals surface area contributed by atoms with Gasteiger partial charge in [0.1, 0.15) is 5.69 Å². The van der Waals surface area contributed by atoms with E-state index in [2.05, 4.69) is 10.3 Å². The van der Waals surface area contributed by atoms with Crippen molar-refractivity contribution in [3.05, 3.63) is 32.6 Å². The molecule has 0 bridgehead atoms. The monoisotopic (exact) mass is 241 g/mol. The minimum atomic E-state index is -0.706. The van der Waals surface area contributed by atoms with Crippen LogP contribution in [0.4, 0.5) is 0 Å². The molecule has 7 nitrogen and oxygen atoms in total. The molecule has 0 radical (unpaired) electrons. The van der Waals surface area contributed by atoms with Gasteiger partial charge in [-0.15, -0.1) is 0 Å². The summed E-state index contributed by atoms with van der Waals surface area (Å²) in [5.74, 6) is -0.489. The van der Waals surface area contributed by atoms with Crippen LogP contribution >= 0.6 is 0 Å². The summed E-state index contributed by atoms with van der Waals surface area (Å²) in [7, 11) is 0. The highest BCUT2D eigenvalue weighted by molar-refractivity contribution is 5.91. The van der Waals surface area contributed by atoms with Crippen LogP contribution in [-0.4, -0.2) is 34.1 Å². The molecule has 0 saturated heterocycles.